The van der Waals surface area contributed by atoms with Gasteiger partial charge in [-0.15, -0.1) is 11.3 Å². The molecule has 2 aliphatic rings. The number of anilines is 1. The second-order valence-electron chi connectivity index (χ2n) is 7.94. The molecular weight excluding hydrogens is 406 g/mol. The van der Waals surface area contributed by atoms with Gasteiger partial charge in [-0.1, -0.05) is 6.07 Å². The van der Waals surface area contributed by atoms with Crippen molar-refractivity contribution in [2.75, 3.05) is 30.2 Å². The predicted octanol–water partition coefficient (Wildman–Crippen LogP) is 3.03. The van der Waals surface area contributed by atoms with Crippen molar-refractivity contribution in [3.63, 3.8) is 0 Å². The van der Waals surface area contributed by atoms with Crippen LogP contribution in [0.3, 0.4) is 0 Å². The zero-order valence-corrected chi connectivity index (χ0v) is 18.4. The van der Waals surface area contributed by atoms with Crippen molar-refractivity contribution in [1.82, 2.24) is 10.2 Å². The van der Waals surface area contributed by atoms with Crippen LogP contribution in [0.4, 0.5) is 5.69 Å². The highest BCUT2D eigenvalue weighted by atomic mass is 32.2. The van der Waals surface area contributed by atoms with Gasteiger partial charge >= 0.3 is 0 Å². The molecule has 0 aliphatic carbocycles. The number of carbonyl (C=O) groups is 1. The molecule has 156 valence electrons. The Kier molecular flexibility index (Phi) is 5.68. The molecule has 2 atom stereocenters. The molecule has 0 unspecified atom stereocenters. The number of likely N-dealkylation sites (tertiary alicyclic amines) is 1. The molecule has 1 fully saturated rings. The molecule has 0 spiro atoms. The number of thiophene rings is 1. The molecule has 0 saturated carbocycles. The minimum absolute atomic E-state index is 0.112. The van der Waals surface area contributed by atoms with Gasteiger partial charge in [-0.2, -0.15) is 0 Å². The summed E-state index contributed by atoms with van der Waals surface area (Å²) in [6, 6.07) is 9.58. The lowest BCUT2D eigenvalue weighted by atomic mass is 10.1. The summed E-state index contributed by atoms with van der Waals surface area (Å²) in [7, 11) is -3.33. The molecule has 29 heavy (non-hydrogen) atoms. The zero-order chi connectivity index (χ0) is 20.6. The van der Waals surface area contributed by atoms with E-state index >= 15 is 0 Å². The summed E-state index contributed by atoms with van der Waals surface area (Å²) in [4.78, 5) is 16.6. The van der Waals surface area contributed by atoms with Crippen LogP contribution in [-0.4, -0.2) is 51.2 Å². The molecule has 6 nitrogen and oxygen atoms in total. The van der Waals surface area contributed by atoms with E-state index in [9.17, 15) is 13.2 Å². The first-order valence-electron chi connectivity index (χ1n) is 10.0. The van der Waals surface area contributed by atoms with Gasteiger partial charge in [0.05, 0.1) is 18.0 Å². The van der Waals surface area contributed by atoms with Gasteiger partial charge in [-0.25, -0.2) is 8.42 Å². The highest BCUT2D eigenvalue weighted by Gasteiger charge is 2.33. The lowest BCUT2D eigenvalue weighted by Gasteiger charge is -2.27. The Bertz CT molecular complexity index is 983. The molecule has 0 bridgehead atoms. The van der Waals surface area contributed by atoms with Gasteiger partial charge in [0, 0.05) is 23.0 Å². The van der Waals surface area contributed by atoms with Gasteiger partial charge in [-0.3, -0.25) is 14.0 Å². The zero-order valence-electron chi connectivity index (χ0n) is 16.8. The number of hydrogen-bond donors (Lipinski definition) is 1. The molecule has 1 aromatic carbocycles. The smallest absolute Gasteiger partial charge is 0.251 e. The molecule has 1 N–H and O–H groups in total. The second-order valence-corrected chi connectivity index (χ2v) is 10.8. The van der Waals surface area contributed by atoms with Gasteiger partial charge < -0.3 is 5.32 Å². The van der Waals surface area contributed by atoms with Crippen molar-refractivity contribution in [3.05, 3.63) is 51.7 Å². The fraction of sp³-hybridized carbons (Fsp3) is 0.476. The van der Waals surface area contributed by atoms with Crippen molar-refractivity contribution in [1.29, 1.82) is 0 Å². The largest absolute Gasteiger partial charge is 0.350 e. The average Bonchev–Trinajstić information content (AvgIpc) is 3.41. The van der Waals surface area contributed by atoms with Crippen LogP contribution in [0.15, 0.2) is 35.7 Å². The van der Waals surface area contributed by atoms with Crippen LogP contribution in [0, 0.1) is 0 Å². The average molecular weight is 434 g/mol. The molecule has 1 amide bonds. The maximum absolute atomic E-state index is 12.8. The predicted molar refractivity (Wildman–Crippen MR) is 117 cm³/mol. The van der Waals surface area contributed by atoms with E-state index < -0.39 is 10.0 Å². The highest BCUT2D eigenvalue weighted by Crippen LogP contribution is 2.35. The van der Waals surface area contributed by atoms with E-state index in [0.717, 1.165) is 18.7 Å². The molecule has 0 radical (unpaired) electrons. The number of fused-ring (bicyclic) bond motifs is 1. The molecule has 1 aromatic heterocycles. The number of rotatable bonds is 6. The maximum Gasteiger partial charge on any atom is 0.251 e. The minimum atomic E-state index is -3.33. The molecule has 2 aliphatic heterocycles. The number of hydrogen-bond acceptors (Lipinski definition) is 5. The Balaban J connectivity index is 1.48. The monoisotopic (exact) mass is 433 g/mol. The van der Waals surface area contributed by atoms with Crippen molar-refractivity contribution in [3.8, 4) is 0 Å². The summed E-state index contributed by atoms with van der Waals surface area (Å²) in [5.74, 6) is -0.112. The third-order valence-corrected chi connectivity index (χ3v) is 8.01. The van der Waals surface area contributed by atoms with Crippen LogP contribution in [-0.2, 0) is 16.4 Å². The summed E-state index contributed by atoms with van der Waals surface area (Å²) in [6.45, 7) is 4.59. The molecule has 1 saturated heterocycles. The summed E-state index contributed by atoms with van der Waals surface area (Å²) in [6.07, 6.45) is 4.25. The van der Waals surface area contributed by atoms with Crippen molar-refractivity contribution in [2.45, 2.75) is 38.3 Å². The Hall–Kier alpha value is -1.90. The van der Waals surface area contributed by atoms with Crippen LogP contribution in [0.25, 0.3) is 0 Å². The topological polar surface area (TPSA) is 69.7 Å². The molecule has 2 aromatic rings. The Morgan fingerprint density at radius 3 is 2.69 bits per heavy atom. The van der Waals surface area contributed by atoms with Crippen molar-refractivity contribution in [2.24, 2.45) is 0 Å². The number of nitrogens with zero attached hydrogens (tertiary/aromatic N) is 2. The molecular formula is C21H27N3O3S2. The van der Waals surface area contributed by atoms with Gasteiger partial charge in [0.1, 0.15) is 0 Å². The number of amides is 1. The Morgan fingerprint density at radius 1 is 1.28 bits per heavy atom. The number of carbonyl (C=O) groups excluding carboxylic acids is 1. The Morgan fingerprint density at radius 2 is 2.03 bits per heavy atom. The van der Waals surface area contributed by atoms with Crippen LogP contribution >= 0.6 is 11.3 Å². The van der Waals surface area contributed by atoms with Crippen molar-refractivity contribution < 1.29 is 13.2 Å². The fourth-order valence-corrected chi connectivity index (χ4v) is 6.61. The van der Waals surface area contributed by atoms with E-state index in [1.165, 1.54) is 28.3 Å². The summed E-state index contributed by atoms with van der Waals surface area (Å²) >= 11 is 1.73. The van der Waals surface area contributed by atoms with E-state index in [4.69, 9.17) is 0 Å². The van der Waals surface area contributed by atoms with Gasteiger partial charge in [0.15, 0.2) is 0 Å². The number of sulfonamides is 1. The maximum atomic E-state index is 12.8. The van der Waals surface area contributed by atoms with E-state index in [0.29, 0.717) is 24.2 Å². The third-order valence-electron chi connectivity index (χ3n) is 5.76. The standard InChI is InChI=1S/C21H27N3O3S2/c1-15-12-17-13-16(7-8-18(17)24(15)29(2,26)27)21(25)22-14-19(20-6-5-11-28-20)23-9-3-4-10-23/h5-8,11,13,15,19H,3-4,9-10,12,14H2,1-2H3,(H,22,25)/t15-,19-/m1/s1. The summed E-state index contributed by atoms with van der Waals surface area (Å²) < 4.78 is 25.6. The number of nitrogens with one attached hydrogen (secondary N) is 1. The normalized spacial score (nSPS) is 20.6. The van der Waals surface area contributed by atoms with Crippen molar-refractivity contribution >= 4 is 33.0 Å². The molecule has 3 heterocycles. The minimum Gasteiger partial charge on any atom is -0.350 e. The quantitative estimate of drug-likeness (QED) is 0.760. The first-order chi connectivity index (χ1) is 13.8. The van der Waals surface area contributed by atoms with Gasteiger partial charge in [0.25, 0.3) is 5.91 Å². The van der Waals surface area contributed by atoms with Crippen LogP contribution in [0.2, 0.25) is 0 Å². The Labute approximate surface area is 176 Å². The molecule has 4 rings (SSSR count). The van der Waals surface area contributed by atoms with Gasteiger partial charge in [-0.05, 0) is 74.5 Å². The van der Waals surface area contributed by atoms with Gasteiger partial charge in [0.2, 0.25) is 10.0 Å². The van der Waals surface area contributed by atoms with E-state index in [2.05, 4.69) is 27.7 Å². The van der Waals surface area contributed by atoms with E-state index in [-0.39, 0.29) is 18.0 Å². The first-order valence-corrected chi connectivity index (χ1v) is 12.8. The van der Waals surface area contributed by atoms with Crippen LogP contribution in [0.5, 0.6) is 0 Å². The van der Waals surface area contributed by atoms with E-state index in [1.807, 2.05) is 13.0 Å². The molecule has 8 heteroatoms. The lowest BCUT2D eigenvalue weighted by molar-refractivity contribution is 0.0938. The summed E-state index contributed by atoms with van der Waals surface area (Å²) in [5.41, 5.74) is 2.17. The number of benzene rings is 1. The highest BCUT2D eigenvalue weighted by molar-refractivity contribution is 7.92. The first kappa shape index (κ1) is 20.4. The van der Waals surface area contributed by atoms with E-state index in [1.54, 1.807) is 23.5 Å². The SMILES string of the molecule is C[C@@H]1Cc2cc(C(=O)NC[C@H](c3cccs3)N3CCCC3)ccc2N1S(C)(=O)=O. The third kappa shape index (κ3) is 4.20. The second kappa shape index (κ2) is 8.08. The van der Waals surface area contributed by atoms with Crippen LogP contribution < -0.4 is 9.62 Å². The van der Waals surface area contributed by atoms with Crippen LogP contribution in [0.1, 0.15) is 46.6 Å². The fourth-order valence-electron chi connectivity index (χ4n) is 4.48. The lowest BCUT2D eigenvalue weighted by Crippen LogP contribution is -2.36. The summed E-state index contributed by atoms with van der Waals surface area (Å²) in [5, 5.41) is 5.18.